The van der Waals surface area contributed by atoms with Crippen molar-refractivity contribution < 1.29 is 24.9 Å². The number of carboxylic acid groups (broad SMARTS) is 1. The number of phenols is 2. The van der Waals surface area contributed by atoms with Gasteiger partial charge < -0.3 is 15.3 Å². The lowest BCUT2D eigenvalue weighted by molar-refractivity contribution is -0.152. The molecule has 5 heteroatoms. The van der Waals surface area contributed by atoms with Crippen molar-refractivity contribution in [1.82, 2.24) is 0 Å². The van der Waals surface area contributed by atoms with Crippen molar-refractivity contribution >= 4 is 11.8 Å². The molecule has 0 bridgehead atoms. The Morgan fingerprint density at radius 2 is 1.90 bits per heavy atom. The number of aromatic hydroxyl groups is 2. The Bertz CT molecular complexity index is 816. The number of rotatable bonds is 5. The Balaban J connectivity index is 1.98. The summed E-state index contributed by atoms with van der Waals surface area (Å²) in [6.45, 7) is 8.47. The maximum Gasteiger partial charge on any atom is 0.303 e. The fourth-order valence-electron chi connectivity index (χ4n) is 6.47. The average molecular weight is 403 g/mol. The molecular weight excluding hydrogens is 368 g/mol. The molecule has 2 aliphatic rings. The van der Waals surface area contributed by atoms with Gasteiger partial charge in [0.2, 0.25) is 0 Å². The summed E-state index contributed by atoms with van der Waals surface area (Å²) in [5.74, 6) is 0.187. The van der Waals surface area contributed by atoms with E-state index in [0.29, 0.717) is 30.7 Å². The van der Waals surface area contributed by atoms with Crippen LogP contribution < -0.4 is 0 Å². The largest absolute Gasteiger partial charge is 0.508 e. The first-order chi connectivity index (χ1) is 13.5. The normalized spacial score (nSPS) is 34.6. The minimum absolute atomic E-state index is 0.0253. The summed E-state index contributed by atoms with van der Waals surface area (Å²) >= 11 is 0. The molecule has 0 amide bonds. The number of aryl methyl sites for hydroxylation is 1. The molecular formula is C24H34O5. The van der Waals surface area contributed by atoms with Gasteiger partial charge in [0.15, 0.2) is 0 Å². The van der Waals surface area contributed by atoms with Gasteiger partial charge in [-0.25, -0.2) is 0 Å². The van der Waals surface area contributed by atoms with Crippen molar-refractivity contribution in [3.05, 3.63) is 23.3 Å². The zero-order chi connectivity index (χ0) is 21.6. The second-order valence-electron chi connectivity index (χ2n) is 9.94. The number of fused-ring (bicyclic) bond motifs is 1. The van der Waals surface area contributed by atoms with Crippen LogP contribution in [0.2, 0.25) is 0 Å². The highest BCUT2D eigenvalue weighted by atomic mass is 16.4. The first kappa shape index (κ1) is 21.7. The van der Waals surface area contributed by atoms with E-state index in [-0.39, 0.29) is 46.4 Å². The number of hydrogen-bond donors (Lipinski definition) is 3. The fourth-order valence-corrected chi connectivity index (χ4v) is 6.47. The van der Waals surface area contributed by atoms with Crippen LogP contribution in [0.1, 0.15) is 70.4 Å². The van der Waals surface area contributed by atoms with Gasteiger partial charge in [-0.2, -0.15) is 0 Å². The van der Waals surface area contributed by atoms with Gasteiger partial charge >= 0.3 is 5.97 Å². The minimum Gasteiger partial charge on any atom is -0.508 e. The third kappa shape index (κ3) is 3.76. The van der Waals surface area contributed by atoms with Crippen molar-refractivity contribution in [3.8, 4) is 11.5 Å². The SMILES string of the molecule is Cc1cc(O)cc(CC2(C)C(C)CCC3(C)C(CCC(=O)O)C(=O)CCC23)c1O. The minimum atomic E-state index is -0.851. The molecule has 5 nitrogen and oxygen atoms in total. The van der Waals surface area contributed by atoms with E-state index in [1.54, 1.807) is 19.1 Å². The molecule has 2 fully saturated rings. The van der Waals surface area contributed by atoms with Crippen molar-refractivity contribution in [2.45, 2.75) is 72.6 Å². The first-order valence-electron chi connectivity index (χ1n) is 10.7. The number of aliphatic carboxylic acids is 1. The molecule has 1 aromatic rings. The Hall–Kier alpha value is -2.04. The molecule has 1 aromatic carbocycles. The van der Waals surface area contributed by atoms with Crippen LogP contribution in [0.3, 0.4) is 0 Å². The number of phenolic OH excluding ortho intramolecular Hbond substituents is 2. The zero-order valence-electron chi connectivity index (χ0n) is 18.0. The molecule has 29 heavy (non-hydrogen) atoms. The van der Waals surface area contributed by atoms with Crippen LogP contribution in [0.15, 0.2) is 12.1 Å². The maximum atomic E-state index is 12.8. The quantitative estimate of drug-likeness (QED) is 0.612. The smallest absolute Gasteiger partial charge is 0.303 e. The fraction of sp³-hybridized carbons (Fsp3) is 0.667. The number of Topliss-reactive ketones (excluding diaryl/α,β-unsaturated/α-hetero) is 1. The van der Waals surface area contributed by atoms with Gasteiger partial charge in [0.1, 0.15) is 17.3 Å². The molecule has 160 valence electrons. The van der Waals surface area contributed by atoms with Crippen molar-refractivity contribution in [2.75, 3.05) is 0 Å². The van der Waals surface area contributed by atoms with Gasteiger partial charge in [-0.05, 0) is 85.0 Å². The van der Waals surface area contributed by atoms with Crippen LogP contribution in [0.4, 0.5) is 0 Å². The molecule has 3 N–H and O–H groups in total. The van der Waals surface area contributed by atoms with Crippen molar-refractivity contribution in [2.24, 2.45) is 28.6 Å². The van der Waals surface area contributed by atoms with E-state index in [9.17, 15) is 19.8 Å². The zero-order valence-corrected chi connectivity index (χ0v) is 18.0. The lowest BCUT2D eigenvalue weighted by Crippen LogP contribution is -2.56. The second kappa shape index (κ2) is 7.66. The molecule has 5 unspecified atom stereocenters. The van der Waals surface area contributed by atoms with E-state index in [2.05, 4.69) is 20.8 Å². The molecule has 2 aliphatic carbocycles. The monoisotopic (exact) mass is 402 g/mol. The Morgan fingerprint density at radius 3 is 2.55 bits per heavy atom. The number of hydrogen-bond acceptors (Lipinski definition) is 4. The molecule has 5 atom stereocenters. The van der Waals surface area contributed by atoms with E-state index in [1.165, 1.54) is 0 Å². The summed E-state index contributed by atoms with van der Waals surface area (Å²) in [6, 6.07) is 3.22. The number of carbonyl (C=O) groups excluding carboxylic acids is 1. The Morgan fingerprint density at radius 1 is 1.21 bits per heavy atom. The lowest BCUT2D eigenvalue weighted by atomic mass is 9.44. The molecule has 0 radical (unpaired) electrons. The maximum absolute atomic E-state index is 12.8. The highest BCUT2D eigenvalue weighted by Gasteiger charge is 2.58. The first-order valence-corrected chi connectivity index (χ1v) is 10.7. The summed E-state index contributed by atoms with van der Waals surface area (Å²) in [5.41, 5.74) is 1.04. The van der Waals surface area contributed by atoms with Crippen LogP contribution in [0.25, 0.3) is 0 Å². The van der Waals surface area contributed by atoms with Gasteiger partial charge in [0, 0.05) is 18.8 Å². The summed E-state index contributed by atoms with van der Waals surface area (Å²) in [6.07, 6.45) is 4.26. The van der Waals surface area contributed by atoms with Crippen LogP contribution >= 0.6 is 0 Å². The predicted molar refractivity (Wildman–Crippen MR) is 111 cm³/mol. The topological polar surface area (TPSA) is 94.8 Å². The molecule has 0 spiro atoms. The number of carbonyl (C=O) groups is 2. The van der Waals surface area contributed by atoms with Crippen LogP contribution in [-0.2, 0) is 16.0 Å². The molecule has 0 saturated heterocycles. The average Bonchev–Trinajstić information content (AvgIpc) is 2.62. The van der Waals surface area contributed by atoms with E-state index in [1.807, 2.05) is 0 Å². The summed E-state index contributed by atoms with van der Waals surface area (Å²) in [5, 5.41) is 29.9. The predicted octanol–water partition coefficient (Wildman–Crippen LogP) is 4.85. The highest BCUT2D eigenvalue weighted by Crippen LogP contribution is 2.63. The van der Waals surface area contributed by atoms with E-state index < -0.39 is 5.97 Å². The van der Waals surface area contributed by atoms with Gasteiger partial charge in [-0.15, -0.1) is 0 Å². The molecule has 0 heterocycles. The highest BCUT2D eigenvalue weighted by molar-refractivity contribution is 5.83. The third-order valence-electron chi connectivity index (χ3n) is 8.28. The summed E-state index contributed by atoms with van der Waals surface area (Å²) in [4.78, 5) is 24.0. The molecule has 2 saturated carbocycles. The molecule has 3 rings (SSSR count). The summed E-state index contributed by atoms with van der Waals surface area (Å²) in [7, 11) is 0. The van der Waals surface area contributed by atoms with Crippen LogP contribution in [0, 0.1) is 35.5 Å². The van der Waals surface area contributed by atoms with Crippen molar-refractivity contribution in [3.63, 3.8) is 0 Å². The van der Waals surface area contributed by atoms with E-state index in [4.69, 9.17) is 5.11 Å². The number of benzene rings is 1. The van der Waals surface area contributed by atoms with Crippen molar-refractivity contribution in [1.29, 1.82) is 0 Å². The number of carboxylic acids is 1. The van der Waals surface area contributed by atoms with Gasteiger partial charge in [0.25, 0.3) is 0 Å². The second-order valence-corrected chi connectivity index (χ2v) is 9.94. The van der Waals surface area contributed by atoms with Gasteiger partial charge in [-0.1, -0.05) is 20.8 Å². The van der Waals surface area contributed by atoms with Gasteiger partial charge in [0.05, 0.1) is 0 Å². The van der Waals surface area contributed by atoms with E-state index in [0.717, 1.165) is 24.8 Å². The number of ketones is 1. The van der Waals surface area contributed by atoms with E-state index >= 15 is 0 Å². The van der Waals surface area contributed by atoms with Crippen LogP contribution in [-0.4, -0.2) is 27.1 Å². The Labute approximate surface area is 173 Å². The van der Waals surface area contributed by atoms with Crippen LogP contribution in [0.5, 0.6) is 11.5 Å². The lowest BCUT2D eigenvalue weighted by Gasteiger charge is -2.60. The third-order valence-corrected chi connectivity index (χ3v) is 8.28. The standard InChI is InChI=1S/C24H34O5/c1-14-11-17(25)12-16(22(14)29)13-24(4)15(2)9-10-23(3)18(5-8-21(27)28)19(26)6-7-20(23)24/h11-12,15,18,20,25,29H,5-10,13H2,1-4H3,(H,27,28). The summed E-state index contributed by atoms with van der Waals surface area (Å²) < 4.78 is 0. The Kier molecular flexibility index (Phi) is 5.72. The van der Waals surface area contributed by atoms with Gasteiger partial charge in [-0.3, -0.25) is 9.59 Å². The molecule has 0 aromatic heterocycles. The molecule has 0 aliphatic heterocycles.